The Balaban J connectivity index is 1.80. The zero-order chi connectivity index (χ0) is 20.7. The van der Waals surface area contributed by atoms with Gasteiger partial charge in [0.05, 0.1) is 13.2 Å². The maximum absolute atomic E-state index is 11.8. The Morgan fingerprint density at radius 3 is 2.62 bits per heavy atom. The molecule has 2 aliphatic rings. The van der Waals surface area contributed by atoms with E-state index >= 15 is 0 Å². The van der Waals surface area contributed by atoms with Crippen molar-refractivity contribution < 1.29 is 14.3 Å². The summed E-state index contributed by atoms with van der Waals surface area (Å²) in [5.74, 6) is 0.500. The van der Waals surface area contributed by atoms with Gasteiger partial charge in [0.25, 0.3) is 0 Å². The molecule has 1 heterocycles. The number of rotatable bonds is 8. The second-order valence-corrected chi connectivity index (χ2v) is 8.54. The first-order chi connectivity index (χ1) is 14.1. The number of carbonyl (C=O) groups excluding carboxylic acids is 1. The van der Waals surface area contributed by atoms with Gasteiger partial charge in [-0.1, -0.05) is 32.4 Å². The minimum atomic E-state index is -0.174. The molecule has 1 saturated carbocycles. The van der Waals surface area contributed by atoms with Gasteiger partial charge in [-0.05, 0) is 63.4 Å². The fourth-order valence-electron chi connectivity index (χ4n) is 4.94. The highest BCUT2D eigenvalue weighted by Gasteiger charge is 2.41. The first-order valence-electron chi connectivity index (χ1n) is 11.4. The molecule has 1 aliphatic heterocycles. The molecule has 1 aliphatic carbocycles. The molecule has 5 nitrogen and oxygen atoms in total. The third-order valence-electron chi connectivity index (χ3n) is 6.81. The average Bonchev–Trinajstić information content (AvgIpc) is 2.78. The quantitative estimate of drug-likeness (QED) is 0.481. The zero-order valence-electron chi connectivity index (χ0n) is 18.5. The third-order valence-corrected chi connectivity index (χ3v) is 6.81. The summed E-state index contributed by atoms with van der Waals surface area (Å²) < 4.78 is 11.1. The van der Waals surface area contributed by atoms with Crippen molar-refractivity contribution in [2.75, 3.05) is 39.9 Å². The second kappa shape index (κ2) is 10.6. The number of hydrogen-bond donors (Lipinski definition) is 0. The van der Waals surface area contributed by atoms with Crippen LogP contribution >= 0.6 is 0 Å². The first kappa shape index (κ1) is 22.3. The Hall–Kier alpha value is -1.43. The Morgan fingerprint density at radius 2 is 1.97 bits per heavy atom. The monoisotopic (exact) mass is 402 g/mol. The fraction of sp³-hybridized carbons (Fsp3) is 0.708. The summed E-state index contributed by atoms with van der Waals surface area (Å²) in [7, 11) is 2.27. The SMILES string of the molecule is CCCCN(C)C1(c2cccc(OC(=O)CC)c2)CCC(N2CCOCC2)CC1. The van der Waals surface area contributed by atoms with E-state index < -0.39 is 0 Å². The molecule has 2 fully saturated rings. The van der Waals surface area contributed by atoms with Crippen molar-refractivity contribution in [3.8, 4) is 5.75 Å². The topological polar surface area (TPSA) is 42.0 Å². The van der Waals surface area contributed by atoms with Gasteiger partial charge >= 0.3 is 5.97 Å². The van der Waals surface area contributed by atoms with Gasteiger partial charge < -0.3 is 9.47 Å². The van der Waals surface area contributed by atoms with Gasteiger partial charge in [-0.2, -0.15) is 0 Å². The molecule has 0 bridgehead atoms. The minimum absolute atomic E-state index is 0.0204. The van der Waals surface area contributed by atoms with Gasteiger partial charge in [0.2, 0.25) is 0 Å². The summed E-state index contributed by atoms with van der Waals surface area (Å²) in [5.41, 5.74) is 1.31. The number of esters is 1. The highest BCUT2D eigenvalue weighted by atomic mass is 16.5. The maximum atomic E-state index is 11.8. The minimum Gasteiger partial charge on any atom is -0.427 e. The Bertz CT molecular complexity index is 649. The van der Waals surface area contributed by atoms with Crippen LogP contribution in [0.5, 0.6) is 5.75 Å². The molecule has 0 N–H and O–H groups in total. The fourth-order valence-corrected chi connectivity index (χ4v) is 4.94. The van der Waals surface area contributed by atoms with E-state index in [0.717, 1.165) is 45.7 Å². The summed E-state index contributed by atoms with van der Waals surface area (Å²) >= 11 is 0. The van der Waals surface area contributed by atoms with Gasteiger partial charge in [0.15, 0.2) is 0 Å². The number of nitrogens with zero attached hydrogens (tertiary/aromatic N) is 2. The van der Waals surface area contributed by atoms with E-state index in [1.807, 2.05) is 19.1 Å². The Labute approximate surface area is 176 Å². The molecule has 0 amide bonds. The first-order valence-corrected chi connectivity index (χ1v) is 11.4. The molecule has 0 spiro atoms. The Morgan fingerprint density at radius 1 is 1.24 bits per heavy atom. The lowest BCUT2D eigenvalue weighted by Crippen LogP contribution is -2.52. The molecule has 0 aromatic heterocycles. The standard InChI is InChI=1S/C24H38N2O3/c1-4-6-14-25(3)24(20-8-7-9-22(19-20)29-23(27)5-2)12-10-21(11-13-24)26-15-17-28-18-16-26/h7-9,19,21H,4-6,10-18H2,1-3H3. The van der Waals surface area contributed by atoms with Crippen molar-refractivity contribution >= 4 is 5.97 Å². The van der Waals surface area contributed by atoms with Crippen molar-refractivity contribution in [1.82, 2.24) is 9.80 Å². The second-order valence-electron chi connectivity index (χ2n) is 8.54. The van der Waals surface area contributed by atoms with Gasteiger partial charge in [-0.3, -0.25) is 14.6 Å². The largest absolute Gasteiger partial charge is 0.427 e. The lowest BCUT2D eigenvalue weighted by molar-refractivity contribution is -0.134. The number of morpholine rings is 1. The van der Waals surface area contributed by atoms with E-state index in [1.54, 1.807) is 0 Å². The van der Waals surface area contributed by atoms with Crippen LogP contribution in [0.2, 0.25) is 0 Å². The number of unbranched alkanes of at least 4 members (excludes halogenated alkanes) is 1. The normalized spacial score (nSPS) is 25.9. The van der Waals surface area contributed by atoms with Crippen LogP contribution in [0.25, 0.3) is 0 Å². The third kappa shape index (κ3) is 5.39. The summed E-state index contributed by atoms with van der Waals surface area (Å²) in [5, 5.41) is 0. The van der Waals surface area contributed by atoms with Crippen LogP contribution in [0, 0.1) is 0 Å². The molecule has 1 aromatic rings. The molecule has 1 saturated heterocycles. The number of carbonyl (C=O) groups is 1. The molecular weight excluding hydrogens is 364 g/mol. The Kier molecular flexibility index (Phi) is 8.10. The zero-order valence-corrected chi connectivity index (χ0v) is 18.5. The molecular formula is C24H38N2O3. The summed E-state index contributed by atoms with van der Waals surface area (Å²) in [4.78, 5) is 17.0. The van der Waals surface area contributed by atoms with Crippen LogP contribution in [0.4, 0.5) is 0 Å². The van der Waals surface area contributed by atoms with Crippen LogP contribution in [0.1, 0.15) is 64.4 Å². The van der Waals surface area contributed by atoms with E-state index in [-0.39, 0.29) is 11.5 Å². The summed E-state index contributed by atoms with van der Waals surface area (Å²) in [6.07, 6.45) is 7.49. The van der Waals surface area contributed by atoms with Gasteiger partial charge in [0.1, 0.15) is 5.75 Å². The lowest BCUT2D eigenvalue weighted by Gasteiger charge is -2.49. The van der Waals surface area contributed by atoms with E-state index in [9.17, 15) is 4.79 Å². The van der Waals surface area contributed by atoms with E-state index in [2.05, 4.69) is 35.9 Å². The van der Waals surface area contributed by atoms with Crippen molar-refractivity contribution in [1.29, 1.82) is 0 Å². The lowest BCUT2D eigenvalue weighted by atomic mass is 9.73. The summed E-state index contributed by atoms with van der Waals surface area (Å²) in [6, 6.07) is 8.92. The highest BCUT2D eigenvalue weighted by Crippen LogP contribution is 2.44. The van der Waals surface area contributed by atoms with Crippen molar-refractivity contribution in [3.05, 3.63) is 29.8 Å². The highest BCUT2D eigenvalue weighted by molar-refractivity contribution is 5.72. The molecule has 3 rings (SSSR count). The molecule has 1 aromatic carbocycles. The predicted molar refractivity (Wildman–Crippen MR) is 116 cm³/mol. The van der Waals surface area contributed by atoms with E-state index in [4.69, 9.17) is 9.47 Å². The van der Waals surface area contributed by atoms with Crippen LogP contribution in [-0.4, -0.2) is 61.7 Å². The van der Waals surface area contributed by atoms with Crippen molar-refractivity contribution in [2.45, 2.75) is 70.4 Å². The molecule has 0 unspecified atom stereocenters. The smallest absolute Gasteiger partial charge is 0.310 e. The molecule has 0 atom stereocenters. The number of hydrogen-bond acceptors (Lipinski definition) is 5. The maximum Gasteiger partial charge on any atom is 0.310 e. The van der Waals surface area contributed by atoms with Gasteiger partial charge in [-0.15, -0.1) is 0 Å². The molecule has 29 heavy (non-hydrogen) atoms. The van der Waals surface area contributed by atoms with Gasteiger partial charge in [0, 0.05) is 31.1 Å². The molecule has 5 heteroatoms. The van der Waals surface area contributed by atoms with Crippen LogP contribution in [0.3, 0.4) is 0 Å². The number of benzene rings is 1. The van der Waals surface area contributed by atoms with Crippen LogP contribution < -0.4 is 4.74 Å². The summed E-state index contributed by atoms with van der Waals surface area (Å²) in [6.45, 7) is 9.03. The van der Waals surface area contributed by atoms with Gasteiger partial charge in [-0.25, -0.2) is 0 Å². The van der Waals surface area contributed by atoms with Crippen LogP contribution in [0.15, 0.2) is 24.3 Å². The van der Waals surface area contributed by atoms with Crippen molar-refractivity contribution in [3.63, 3.8) is 0 Å². The molecule has 0 radical (unpaired) electrons. The number of ether oxygens (including phenoxy) is 2. The molecule has 162 valence electrons. The van der Waals surface area contributed by atoms with E-state index in [0.29, 0.717) is 18.2 Å². The van der Waals surface area contributed by atoms with Crippen LogP contribution in [-0.2, 0) is 15.1 Å². The van der Waals surface area contributed by atoms with E-state index in [1.165, 1.54) is 31.2 Å². The van der Waals surface area contributed by atoms with Crippen molar-refractivity contribution in [2.24, 2.45) is 0 Å². The average molecular weight is 403 g/mol. The predicted octanol–water partition coefficient (Wildman–Crippen LogP) is 4.20.